The molecule has 0 aliphatic rings. The summed E-state index contributed by atoms with van der Waals surface area (Å²) in [5, 5.41) is 23.6. The summed E-state index contributed by atoms with van der Waals surface area (Å²) in [6, 6.07) is 10.6. The Balaban J connectivity index is 2.06. The number of aliphatic hydroxyl groups excluding tert-OH is 1. The Morgan fingerprint density at radius 1 is 1.14 bits per heavy atom. The monoisotopic (exact) mass is 632 g/mol. The maximum absolute atomic E-state index is 13.6. The maximum atomic E-state index is 13.6. The molecule has 2 aromatic rings. The first-order valence-corrected chi connectivity index (χ1v) is 16.9. The molecular formula is C34H49ClN2O5S. The number of benzene rings is 2. The molecule has 7 nitrogen and oxygen atoms in total. The van der Waals surface area contributed by atoms with Gasteiger partial charge in [0.15, 0.2) is 0 Å². The van der Waals surface area contributed by atoms with E-state index in [-0.39, 0.29) is 29.9 Å². The molecule has 1 unspecified atom stereocenters. The first kappa shape index (κ1) is 36.7. The summed E-state index contributed by atoms with van der Waals surface area (Å²) >= 11 is 6.53. The molecule has 0 heterocycles. The topological polar surface area (TPSA) is 107 Å². The number of carboxylic acids is 1. The minimum Gasteiger partial charge on any atom is -0.481 e. The highest BCUT2D eigenvalue weighted by Crippen LogP contribution is 2.32. The Kier molecular flexibility index (Phi) is 14.6. The highest BCUT2D eigenvalue weighted by Gasteiger charge is 2.27. The lowest BCUT2D eigenvalue weighted by Gasteiger charge is -2.29. The quantitative estimate of drug-likeness (QED) is 0.153. The molecule has 0 fully saturated rings. The van der Waals surface area contributed by atoms with Crippen molar-refractivity contribution in [3.8, 4) is 11.1 Å². The molecule has 0 saturated heterocycles. The number of hydrogen-bond acceptors (Lipinski definition) is 5. The molecular weight excluding hydrogens is 584 g/mol. The van der Waals surface area contributed by atoms with Crippen LogP contribution in [0.4, 0.5) is 0 Å². The summed E-state index contributed by atoms with van der Waals surface area (Å²) in [7, 11) is -2.36. The second-order valence-corrected chi connectivity index (χ2v) is 14.0. The largest absolute Gasteiger partial charge is 0.481 e. The van der Waals surface area contributed by atoms with Gasteiger partial charge in [0.25, 0.3) is 0 Å². The van der Waals surface area contributed by atoms with E-state index in [0.29, 0.717) is 23.4 Å². The molecule has 0 radical (unpaired) electrons. The smallest absolute Gasteiger partial charge is 0.303 e. The van der Waals surface area contributed by atoms with Crippen LogP contribution >= 0.6 is 11.6 Å². The molecule has 0 saturated carbocycles. The summed E-state index contributed by atoms with van der Waals surface area (Å²) < 4.78 is 28.3. The van der Waals surface area contributed by atoms with Gasteiger partial charge in [-0.3, -0.25) is 4.79 Å². The fourth-order valence-corrected chi connectivity index (χ4v) is 6.84. The van der Waals surface area contributed by atoms with Crippen molar-refractivity contribution in [2.45, 2.75) is 96.1 Å². The lowest BCUT2D eigenvalue weighted by molar-refractivity contribution is -0.136. The number of nitrogens with zero attached hydrogens (tertiary/aromatic N) is 1. The number of aliphatic carboxylic acids is 1. The minimum atomic E-state index is -3.85. The minimum absolute atomic E-state index is 0.0209. The molecule has 2 rings (SSSR count). The van der Waals surface area contributed by atoms with Crippen molar-refractivity contribution in [2.75, 3.05) is 20.1 Å². The van der Waals surface area contributed by atoms with Crippen molar-refractivity contribution >= 4 is 27.6 Å². The number of β-amino-alcohol motifs (C(OH)–C–C–N with tert-alkyl or cyclic N) is 1. The van der Waals surface area contributed by atoms with Gasteiger partial charge in [-0.15, -0.1) is 0 Å². The summed E-state index contributed by atoms with van der Waals surface area (Å²) in [6.45, 7) is 10.5. The van der Waals surface area contributed by atoms with E-state index < -0.39 is 22.1 Å². The lowest BCUT2D eigenvalue weighted by Crippen LogP contribution is -2.46. The van der Waals surface area contributed by atoms with Crippen LogP contribution in [-0.2, 0) is 27.7 Å². The van der Waals surface area contributed by atoms with Crippen LogP contribution in [0.5, 0.6) is 0 Å². The highest BCUT2D eigenvalue weighted by atomic mass is 35.5. The SMILES string of the molecule is C/C=C\C(=C/CC)CCCC(C)(C)NCC(O)CN(C)S(=O)(=O)c1ccc(-c2ccc(CCC(=O)O)cc2Cl)cc1CC. The first-order valence-electron chi connectivity index (χ1n) is 15.1. The highest BCUT2D eigenvalue weighted by molar-refractivity contribution is 7.89. The summed E-state index contributed by atoms with van der Waals surface area (Å²) in [5.41, 5.74) is 4.14. The molecule has 9 heteroatoms. The predicted octanol–water partition coefficient (Wildman–Crippen LogP) is 7.02. The number of allylic oxidation sites excluding steroid dienone is 4. The van der Waals surface area contributed by atoms with Gasteiger partial charge in [-0.1, -0.05) is 67.4 Å². The number of nitrogens with one attached hydrogen (secondary N) is 1. The Bertz CT molecular complexity index is 1390. The zero-order valence-corrected chi connectivity index (χ0v) is 28.1. The zero-order chi connectivity index (χ0) is 32.2. The van der Waals surface area contributed by atoms with Gasteiger partial charge in [-0.25, -0.2) is 8.42 Å². The number of halogens is 1. The van der Waals surface area contributed by atoms with Gasteiger partial charge < -0.3 is 15.5 Å². The fraction of sp³-hybridized carbons (Fsp3) is 0.500. The van der Waals surface area contributed by atoms with Gasteiger partial charge in [0.1, 0.15) is 0 Å². The van der Waals surface area contributed by atoms with E-state index in [0.717, 1.165) is 42.4 Å². The summed E-state index contributed by atoms with van der Waals surface area (Å²) in [6.07, 6.45) is 10.4. The molecule has 1 atom stereocenters. The number of carbonyl (C=O) groups is 1. The zero-order valence-electron chi connectivity index (χ0n) is 26.5. The molecule has 238 valence electrons. The van der Waals surface area contributed by atoms with Crippen molar-refractivity contribution in [2.24, 2.45) is 0 Å². The van der Waals surface area contributed by atoms with Crippen LogP contribution in [0.2, 0.25) is 5.02 Å². The van der Waals surface area contributed by atoms with E-state index in [4.69, 9.17) is 16.7 Å². The van der Waals surface area contributed by atoms with Gasteiger partial charge in [0.2, 0.25) is 10.0 Å². The third-order valence-electron chi connectivity index (χ3n) is 7.50. The maximum Gasteiger partial charge on any atom is 0.303 e. The number of sulfonamides is 1. The van der Waals surface area contributed by atoms with Gasteiger partial charge in [-0.2, -0.15) is 4.31 Å². The van der Waals surface area contributed by atoms with E-state index in [2.05, 4.69) is 44.3 Å². The van der Waals surface area contributed by atoms with Crippen LogP contribution in [0.25, 0.3) is 11.1 Å². The molecule has 0 aliphatic heterocycles. The van der Waals surface area contributed by atoms with Crippen LogP contribution < -0.4 is 5.32 Å². The molecule has 0 aliphatic carbocycles. The van der Waals surface area contributed by atoms with E-state index in [1.165, 1.54) is 16.9 Å². The number of rotatable bonds is 18. The number of aryl methyl sites for hydroxylation is 2. The van der Waals surface area contributed by atoms with Gasteiger partial charge in [-0.05, 0) is 94.2 Å². The normalized spacial score (nSPS) is 13.7. The molecule has 43 heavy (non-hydrogen) atoms. The molecule has 0 spiro atoms. The lowest BCUT2D eigenvalue weighted by atomic mass is 9.95. The Morgan fingerprint density at radius 2 is 1.86 bits per heavy atom. The second kappa shape index (κ2) is 17.1. The molecule has 2 aromatic carbocycles. The number of carboxylic acid groups (broad SMARTS) is 1. The third kappa shape index (κ3) is 11.5. The Morgan fingerprint density at radius 3 is 2.47 bits per heavy atom. The Labute approximate surface area is 263 Å². The van der Waals surface area contributed by atoms with E-state index in [1.54, 1.807) is 18.2 Å². The Hall–Kier alpha value is -2.49. The third-order valence-corrected chi connectivity index (χ3v) is 9.74. The van der Waals surface area contributed by atoms with Crippen LogP contribution in [0.3, 0.4) is 0 Å². The van der Waals surface area contributed by atoms with Crippen LogP contribution in [0, 0.1) is 0 Å². The average Bonchev–Trinajstić information content (AvgIpc) is 2.94. The van der Waals surface area contributed by atoms with Crippen LogP contribution in [-0.4, -0.2) is 60.7 Å². The molecule has 0 bridgehead atoms. The number of hydrogen-bond donors (Lipinski definition) is 3. The molecule has 3 N–H and O–H groups in total. The standard InChI is InChI=1S/C34H49ClN2O5S/c1-7-11-25(12-8-2)13-10-20-34(4,5)36-23-29(38)24-37(6)43(41,42)32-18-16-28(22-27(32)9-3)30-17-14-26(21-31(30)35)15-19-33(39)40/h7,11-12,14,16-18,21-22,29,36,38H,8-10,13,15,19-20,23-24H2,1-6H3,(H,39,40)/b11-7-,25-12+. The predicted molar refractivity (Wildman–Crippen MR) is 177 cm³/mol. The second-order valence-electron chi connectivity index (χ2n) is 11.6. The first-order chi connectivity index (χ1) is 20.2. The van der Waals surface area contributed by atoms with Crippen LogP contribution in [0.1, 0.15) is 77.8 Å². The van der Waals surface area contributed by atoms with E-state index in [1.807, 2.05) is 32.0 Å². The fourth-order valence-electron chi connectivity index (χ4n) is 5.05. The summed E-state index contributed by atoms with van der Waals surface area (Å²) in [4.78, 5) is 11.1. The van der Waals surface area contributed by atoms with Crippen molar-refractivity contribution in [1.82, 2.24) is 9.62 Å². The van der Waals surface area contributed by atoms with Crippen molar-refractivity contribution in [3.05, 3.63) is 76.3 Å². The van der Waals surface area contributed by atoms with Crippen molar-refractivity contribution < 1.29 is 23.4 Å². The van der Waals surface area contributed by atoms with Crippen LogP contribution in [0.15, 0.2) is 65.1 Å². The number of aliphatic hydroxyl groups is 1. The molecule has 0 amide bonds. The average molecular weight is 633 g/mol. The number of likely N-dealkylation sites (N-methyl/N-ethyl adjacent to an activating group) is 1. The van der Waals surface area contributed by atoms with Crippen molar-refractivity contribution in [3.63, 3.8) is 0 Å². The van der Waals surface area contributed by atoms with E-state index in [9.17, 15) is 18.3 Å². The summed E-state index contributed by atoms with van der Waals surface area (Å²) in [5.74, 6) is -0.868. The van der Waals surface area contributed by atoms with Gasteiger partial charge in [0, 0.05) is 42.7 Å². The van der Waals surface area contributed by atoms with E-state index >= 15 is 0 Å². The van der Waals surface area contributed by atoms with Gasteiger partial charge in [0.05, 0.1) is 11.0 Å². The van der Waals surface area contributed by atoms with Crippen molar-refractivity contribution in [1.29, 1.82) is 0 Å². The van der Waals surface area contributed by atoms with Gasteiger partial charge >= 0.3 is 5.97 Å². The molecule has 0 aromatic heterocycles.